The van der Waals surface area contributed by atoms with E-state index in [1.807, 2.05) is 6.20 Å². The molecule has 4 aliphatic carbocycles. The molecule has 6 atom stereocenters. The molecule has 7 rings (SSSR count). The van der Waals surface area contributed by atoms with Gasteiger partial charge < -0.3 is 24.3 Å². The number of hydrogen-bond acceptors (Lipinski definition) is 6. The van der Waals surface area contributed by atoms with Gasteiger partial charge in [-0.2, -0.15) is 0 Å². The van der Waals surface area contributed by atoms with E-state index < -0.39 is 0 Å². The van der Waals surface area contributed by atoms with E-state index in [4.69, 9.17) is 18.9 Å². The second-order valence-electron chi connectivity index (χ2n) is 13.6. The van der Waals surface area contributed by atoms with Gasteiger partial charge >= 0.3 is 0 Å². The third-order valence-electron chi connectivity index (χ3n) is 11.6. The van der Waals surface area contributed by atoms with Gasteiger partial charge in [-0.1, -0.05) is 30.7 Å². The van der Waals surface area contributed by atoms with Crippen molar-refractivity contribution < 1.29 is 18.9 Å². The number of aryl methyl sites for hydroxylation is 1. The zero-order valence-corrected chi connectivity index (χ0v) is 25.1. The fourth-order valence-electron chi connectivity index (χ4n) is 9.61. The van der Waals surface area contributed by atoms with Crippen LogP contribution >= 0.6 is 0 Å². The molecule has 3 unspecified atom stereocenters. The standard InChI is InChI=1S/C35H48N2O4/c1-33-11-9-29-22-28-5-6-30(37-15-16-39-19-20-40-18-17-38-2)23-34(28)12-13-35(29,41-34)32(33)8-7-31(33)26-4-3-25-10-14-36-24-27(25)21-26/h9-10,14,21-22,24,30-32,37H,3-8,11-13,15-20,23H2,1-2H3/t30?,31?,32-,33?,34-,35-/m1/s1. The topological polar surface area (TPSA) is 61.8 Å². The fourth-order valence-corrected chi connectivity index (χ4v) is 9.61. The van der Waals surface area contributed by atoms with Gasteiger partial charge in [-0.05, 0) is 110 Å². The minimum absolute atomic E-state index is 0.0750. The number of nitrogens with zero attached hydrogens (tertiary/aromatic N) is 1. The molecular weight excluding hydrogens is 512 g/mol. The molecule has 2 bridgehead atoms. The summed E-state index contributed by atoms with van der Waals surface area (Å²) in [6.07, 6.45) is 23.6. The lowest BCUT2D eigenvalue weighted by atomic mass is 9.57. The number of nitrogens with one attached hydrogen (secondary N) is 1. The highest BCUT2D eigenvalue weighted by Gasteiger charge is 2.66. The average Bonchev–Trinajstić information content (AvgIpc) is 3.51. The average molecular weight is 561 g/mol. The lowest BCUT2D eigenvalue weighted by Crippen LogP contribution is -2.55. The molecule has 2 spiro atoms. The van der Waals surface area contributed by atoms with E-state index in [-0.39, 0.29) is 16.6 Å². The van der Waals surface area contributed by atoms with E-state index in [0.717, 1.165) is 32.4 Å². The van der Waals surface area contributed by atoms with Crippen molar-refractivity contribution in [3.05, 3.63) is 58.5 Å². The van der Waals surface area contributed by atoms with E-state index in [1.165, 1.54) is 61.6 Å². The van der Waals surface area contributed by atoms with E-state index in [9.17, 15) is 0 Å². The predicted octanol–water partition coefficient (Wildman–Crippen LogP) is 5.82. The first kappa shape index (κ1) is 28.0. The van der Waals surface area contributed by atoms with Gasteiger partial charge in [0.05, 0.1) is 44.2 Å². The van der Waals surface area contributed by atoms with Crippen LogP contribution < -0.4 is 5.32 Å². The highest BCUT2D eigenvalue weighted by Crippen LogP contribution is 2.68. The fraction of sp³-hybridized carbons (Fsp3) is 0.686. The van der Waals surface area contributed by atoms with Gasteiger partial charge in [0.15, 0.2) is 0 Å². The molecule has 3 fully saturated rings. The van der Waals surface area contributed by atoms with E-state index in [1.54, 1.807) is 18.3 Å². The number of hydrogen-bond donors (Lipinski definition) is 1. The lowest BCUT2D eigenvalue weighted by Gasteiger charge is -2.54. The quantitative estimate of drug-likeness (QED) is 0.344. The Hall–Kier alpha value is -1.83. The van der Waals surface area contributed by atoms with Gasteiger partial charge in [-0.15, -0.1) is 0 Å². The minimum Gasteiger partial charge on any atom is -0.382 e. The summed E-state index contributed by atoms with van der Waals surface area (Å²) in [5, 5.41) is 3.80. The molecule has 6 aliphatic rings. The molecule has 2 saturated carbocycles. The first-order valence-electron chi connectivity index (χ1n) is 16.2. The van der Waals surface area contributed by atoms with Gasteiger partial charge in [0.25, 0.3) is 0 Å². The van der Waals surface area contributed by atoms with Crippen LogP contribution in [0, 0.1) is 17.3 Å². The molecule has 0 aromatic carbocycles. The highest BCUT2D eigenvalue weighted by atomic mass is 16.5. The maximum atomic E-state index is 7.51. The molecule has 222 valence electrons. The summed E-state index contributed by atoms with van der Waals surface area (Å²) >= 11 is 0. The first-order valence-corrected chi connectivity index (χ1v) is 16.2. The third kappa shape index (κ3) is 4.88. The molecule has 41 heavy (non-hydrogen) atoms. The Morgan fingerprint density at radius 2 is 1.88 bits per heavy atom. The predicted molar refractivity (Wildman–Crippen MR) is 161 cm³/mol. The van der Waals surface area contributed by atoms with Crippen molar-refractivity contribution in [3.63, 3.8) is 0 Å². The summed E-state index contributed by atoms with van der Waals surface area (Å²) < 4.78 is 23.8. The smallest absolute Gasteiger partial charge is 0.0974 e. The normalized spacial score (nSPS) is 36.9. The van der Waals surface area contributed by atoms with Crippen LogP contribution in [0.15, 0.2) is 47.3 Å². The van der Waals surface area contributed by atoms with Crippen LogP contribution in [-0.2, 0) is 25.4 Å². The van der Waals surface area contributed by atoms with Crippen LogP contribution in [0.5, 0.6) is 0 Å². The van der Waals surface area contributed by atoms with E-state index >= 15 is 0 Å². The second-order valence-corrected chi connectivity index (χ2v) is 13.6. The van der Waals surface area contributed by atoms with E-state index in [2.05, 4.69) is 47.7 Å². The number of allylic oxidation sites excluding steroid dienone is 2. The number of aromatic nitrogens is 1. The third-order valence-corrected chi connectivity index (χ3v) is 11.6. The van der Waals surface area contributed by atoms with E-state index in [0.29, 0.717) is 44.3 Å². The van der Waals surface area contributed by atoms with Gasteiger partial charge in [0, 0.05) is 32.1 Å². The summed E-state index contributed by atoms with van der Waals surface area (Å²) in [7, 11) is 1.69. The molecule has 3 heterocycles. The number of pyridine rings is 1. The highest BCUT2D eigenvalue weighted by molar-refractivity contribution is 5.60. The Kier molecular flexibility index (Phi) is 7.74. The first-order chi connectivity index (χ1) is 20.1. The summed E-state index contributed by atoms with van der Waals surface area (Å²) in [6.45, 7) is 6.71. The molecule has 1 aromatic rings. The van der Waals surface area contributed by atoms with Crippen molar-refractivity contribution in [2.45, 2.75) is 88.4 Å². The molecule has 6 nitrogen and oxygen atoms in total. The maximum absolute atomic E-state index is 7.51. The van der Waals surface area contributed by atoms with Gasteiger partial charge in [-0.25, -0.2) is 0 Å². The van der Waals surface area contributed by atoms with Crippen LogP contribution in [-0.4, -0.2) is 68.9 Å². The Morgan fingerprint density at radius 3 is 2.78 bits per heavy atom. The number of methoxy groups -OCH3 is 1. The van der Waals surface area contributed by atoms with Crippen molar-refractivity contribution in [2.75, 3.05) is 46.7 Å². The van der Waals surface area contributed by atoms with Crippen LogP contribution in [0.25, 0.3) is 6.08 Å². The second kappa shape index (κ2) is 11.3. The zero-order chi connectivity index (χ0) is 27.9. The van der Waals surface area contributed by atoms with Crippen molar-refractivity contribution in [1.29, 1.82) is 0 Å². The molecule has 1 aromatic heterocycles. The summed E-state index contributed by atoms with van der Waals surface area (Å²) in [4.78, 5) is 4.43. The molecule has 6 heteroatoms. The van der Waals surface area contributed by atoms with Crippen LogP contribution in [0.1, 0.15) is 75.8 Å². The summed E-state index contributed by atoms with van der Waals surface area (Å²) in [5.41, 5.74) is 7.64. The molecule has 0 radical (unpaired) electrons. The molecule has 1 N–H and O–H groups in total. The van der Waals surface area contributed by atoms with Gasteiger partial charge in [-0.3, -0.25) is 4.98 Å². The number of ether oxygens (including phenoxy) is 4. The Morgan fingerprint density at radius 1 is 1.00 bits per heavy atom. The van der Waals surface area contributed by atoms with Crippen molar-refractivity contribution >= 4 is 6.08 Å². The van der Waals surface area contributed by atoms with Crippen LogP contribution in [0.2, 0.25) is 0 Å². The molecule has 1 saturated heterocycles. The minimum atomic E-state index is -0.0895. The van der Waals surface area contributed by atoms with Crippen molar-refractivity contribution in [3.8, 4) is 0 Å². The van der Waals surface area contributed by atoms with Crippen molar-refractivity contribution in [1.82, 2.24) is 10.3 Å². The Bertz CT molecular complexity index is 1220. The Balaban J connectivity index is 1.01. The Labute approximate surface area is 245 Å². The zero-order valence-electron chi connectivity index (χ0n) is 25.1. The molecule has 2 aliphatic heterocycles. The molecular formula is C35H48N2O4. The monoisotopic (exact) mass is 560 g/mol. The number of fused-ring (bicyclic) bond motifs is 2. The summed E-state index contributed by atoms with van der Waals surface area (Å²) in [6, 6.07) is 2.69. The van der Waals surface area contributed by atoms with Gasteiger partial charge in [0.2, 0.25) is 0 Å². The lowest BCUT2D eigenvalue weighted by molar-refractivity contribution is -0.137. The summed E-state index contributed by atoms with van der Waals surface area (Å²) in [5.74, 6) is 1.24. The van der Waals surface area contributed by atoms with Crippen molar-refractivity contribution in [2.24, 2.45) is 17.3 Å². The van der Waals surface area contributed by atoms with Crippen LogP contribution in [0.3, 0.4) is 0 Å². The molecule has 0 amide bonds. The maximum Gasteiger partial charge on any atom is 0.0974 e. The largest absolute Gasteiger partial charge is 0.382 e. The van der Waals surface area contributed by atoms with Crippen LogP contribution in [0.4, 0.5) is 0 Å². The number of rotatable bonds is 11. The van der Waals surface area contributed by atoms with Gasteiger partial charge in [0.1, 0.15) is 0 Å². The SMILES string of the molecule is COCCOCCOCCNC1CCC2=CC3=CCC4(C)C(C5=Cc6cnccc6CC5)CC[C@H]4[C@@]34CC[C@]2(C1)O4.